The van der Waals surface area contributed by atoms with E-state index in [-0.39, 0.29) is 12.5 Å². The Morgan fingerprint density at radius 2 is 1.24 bits per heavy atom. The molecule has 51 heavy (non-hydrogen) atoms. The molecule has 9 aromatic rings. The Balaban J connectivity index is 1.12. The molecular weight excluding hydrogens is 619 g/mol. The second-order valence-corrected chi connectivity index (χ2v) is 13.7. The van der Waals surface area contributed by atoms with Gasteiger partial charge in [0.25, 0.3) is 0 Å². The molecule has 0 saturated heterocycles. The Morgan fingerprint density at radius 1 is 0.588 bits per heavy atom. The molecule has 0 amide bonds. The van der Waals surface area contributed by atoms with Crippen LogP contribution in [-0.4, -0.2) is 16.3 Å². The maximum absolute atomic E-state index is 10.5. The van der Waals surface area contributed by atoms with Crippen molar-refractivity contribution in [3.05, 3.63) is 176 Å². The third-order valence-electron chi connectivity index (χ3n) is 10.9. The molecule has 0 bridgehead atoms. The van der Waals surface area contributed by atoms with Gasteiger partial charge in [-0.1, -0.05) is 140 Å². The zero-order valence-electron chi connectivity index (χ0n) is 28.8. The standard InChI is InChI=1S/C49H39NO/c1-3-32(4-2)14-15-38(31-51)41-26-21-36-22-27-43-40(25-20-35-23-28-44(41)49(36)48(35)43)34-18-16-33(17-19-34)37-24-29-47-45(30-37)42-12-8-9-13-46(42)50(47)39-10-6-5-7-11-39/h3,5-30,32,38,51H,1,4,31H2,2H3/b15-14-. The van der Waals surface area contributed by atoms with Crippen molar-refractivity contribution < 1.29 is 5.11 Å². The van der Waals surface area contributed by atoms with Crippen molar-refractivity contribution in [1.82, 2.24) is 4.57 Å². The number of allylic oxidation sites excluding steroid dienone is 2. The van der Waals surface area contributed by atoms with E-state index in [4.69, 9.17) is 0 Å². The normalized spacial score (nSPS) is 13.3. The highest BCUT2D eigenvalue weighted by atomic mass is 16.3. The number of nitrogens with zero attached hydrogens (tertiary/aromatic N) is 1. The van der Waals surface area contributed by atoms with Crippen LogP contribution in [0.2, 0.25) is 0 Å². The number of fused-ring (bicyclic) bond motifs is 3. The van der Waals surface area contributed by atoms with Gasteiger partial charge in [-0.25, -0.2) is 0 Å². The Hall–Kier alpha value is -5.96. The van der Waals surface area contributed by atoms with Gasteiger partial charge >= 0.3 is 0 Å². The molecule has 2 heteroatoms. The summed E-state index contributed by atoms with van der Waals surface area (Å²) < 4.78 is 2.36. The van der Waals surface area contributed by atoms with Crippen molar-refractivity contribution in [2.24, 2.45) is 5.92 Å². The summed E-state index contributed by atoms with van der Waals surface area (Å²) in [5.74, 6) is 0.224. The second kappa shape index (κ2) is 12.7. The molecular formula is C49H39NO. The molecule has 246 valence electrons. The number of hydrogen-bond donors (Lipinski definition) is 1. The number of aromatic nitrogens is 1. The van der Waals surface area contributed by atoms with Gasteiger partial charge in [-0.15, -0.1) is 6.58 Å². The molecule has 8 aromatic carbocycles. The van der Waals surface area contributed by atoms with E-state index in [1.54, 1.807) is 0 Å². The predicted octanol–water partition coefficient (Wildman–Crippen LogP) is 12.9. The Labute approximate surface area is 298 Å². The average Bonchev–Trinajstić information content (AvgIpc) is 3.53. The zero-order valence-corrected chi connectivity index (χ0v) is 28.8. The smallest absolute Gasteiger partial charge is 0.0541 e. The topological polar surface area (TPSA) is 25.2 Å². The van der Waals surface area contributed by atoms with E-state index in [0.717, 1.165) is 12.0 Å². The summed E-state index contributed by atoms with van der Waals surface area (Å²) in [6, 6.07) is 53.1. The van der Waals surface area contributed by atoms with E-state index in [1.807, 2.05) is 6.08 Å². The molecule has 9 rings (SSSR count). The van der Waals surface area contributed by atoms with Gasteiger partial charge in [-0.3, -0.25) is 0 Å². The molecule has 1 aromatic heterocycles. The quantitative estimate of drug-likeness (QED) is 0.121. The first-order chi connectivity index (χ1) is 25.2. The Kier molecular flexibility index (Phi) is 7.75. The molecule has 2 unspecified atom stereocenters. The summed E-state index contributed by atoms with van der Waals surface area (Å²) >= 11 is 0. The van der Waals surface area contributed by atoms with Crippen LogP contribution >= 0.6 is 0 Å². The van der Waals surface area contributed by atoms with Crippen molar-refractivity contribution in [3.63, 3.8) is 0 Å². The van der Waals surface area contributed by atoms with Crippen molar-refractivity contribution in [3.8, 4) is 27.9 Å². The van der Waals surface area contributed by atoms with Crippen molar-refractivity contribution in [2.75, 3.05) is 6.61 Å². The predicted molar refractivity (Wildman–Crippen MR) is 218 cm³/mol. The molecule has 0 aliphatic heterocycles. The van der Waals surface area contributed by atoms with Crippen LogP contribution in [0, 0.1) is 5.92 Å². The fourth-order valence-electron chi connectivity index (χ4n) is 8.17. The highest BCUT2D eigenvalue weighted by molar-refractivity contribution is 6.26. The lowest BCUT2D eigenvalue weighted by atomic mass is 9.85. The van der Waals surface area contributed by atoms with Crippen molar-refractivity contribution in [1.29, 1.82) is 0 Å². The first-order valence-electron chi connectivity index (χ1n) is 18.0. The average molecular weight is 658 g/mol. The number of para-hydroxylation sites is 2. The van der Waals surface area contributed by atoms with Gasteiger partial charge in [0, 0.05) is 22.4 Å². The van der Waals surface area contributed by atoms with Crippen LogP contribution in [0.1, 0.15) is 24.8 Å². The highest BCUT2D eigenvalue weighted by Gasteiger charge is 2.18. The largest absolute Gasteiger partial charge is 0.395 e. The lowest BCUT2D eigenvalue weighted by molar-refractivity contribution is 0.284. The number of hydrogen-bond acceptors (Lipinski definition) is 1. The molecule has 2 atom stereocenters. The summed E-state index contributed by atoms with van der Waals surface area (Å²) in [6.07, 6.45) is 7.33. The molecule has 2 nitrogen and oxygen atoms in total. The summed E-state index contributed by atoms with van der Waals surface area (Å²) in [4.78, 5) is 0. The fourth-order valence-corrected chi connectivity index (χ4v) is 8.17. The van der Waals surface area contributed by atoms with Crippen LogP contribution in [0.25, 0.3) is 82.1 Å². The first-order valence-corrected chi connectivity index (χ1v) is 18.0. The van der Waals surface area contributed by atoms with Gasteiger partial charge in [0.15, 0.2) is 0 Å². The van der Waals surface area contributed by atoms with Crippen LogP contribution in [-0.2, 0) is 0 Å². The number of aliphatic hydroxyl groups is 1. The van der Waals surface area contributed by atoms with Crippen LogP contribution in [0.3, 0.4) is 0 Å². The third-order valence-corrected chi connectivity index (χ3v) is 10.9. The van der Waals surface area contributed by atoms with Gasteiger partial charge in [0.1, 0.15) is 0 Å². The first kappa shape index (κ1) is 31.1. The summed E-state index contributed by atoms with van der Waals surface area (Å²) in [6.45, 7) is 6.21. The van der Waals surface area contributed by atoms with E-state index in [2.05, 4.69) is 176 Å². The van der Waals surface area contributed by atoms with Crippen molar-refractivity contribution >= 4 is 54.1 Å². The van der Waals surface area contributed by atoms with Crippen molar-refractivity contribution in [2.45, 2.75) is 19.3 Å². The van der Waals surface area contributed by atoms with Gasteiger partial charge in [0.2, 0.25) is 0 Å². The van der Waals surface area contributed by atoms with E-state index >= 15 is 0 Å². The molecule has 0 fully saturated rings. The van der Waals surface area contributed by atoms with Gasteiger partial charge < -0.3 is 9.67 Å². The molecule has 0 saturated carbocycles. The van der Waals surface area contributed by atoms with Crippen LogP contribution in [0.15, 0.2) is 170 Å². The van der Waals surface area contributed by atoms with Crippen LogP contribution < -0.4 is 0 Å². The molecule has 0 aliphatic rings. The summed E-state index contributed by atoms with van der Waals surface area (Å²) in [5.41, 5.74) is 9.59. The molecule has 0 spiro atoms. The second-order valence-electron chi connectivity index (χ2n) is 13.7. The minimum absolute atomic E-state index is 0.0632. The molecule has 1 heterocycles. The van der Waals surface area contributed by atoms with E-state index in [0.29, 0.717) is 5.92 Å². The Bertz CT molecular complexity index is 2730. The van der Waals surface area contributed by atoms with E-state index in [9.17, 15) is 5.11 Å². The zero-order chi connectivity index (χ0) is 34.5. The van der Waals surface area contributed by atoms with Gasteiger partial charge in [-0.2, -0.15) is 0 Å². The number of rotatable bonds is 9. The van der Waals surface area contributed by atoms with Crippen LogP contribution in [0.4, 0.5) is 0 Å². The number of aliphatic hydroxyl groups excluding tert-OH is 1. The van der Waals surface area contributed by atoms with E-state index < -0.39 is 0 Å². The number of benzene rings is 8. The fraction of sp³-hybridized carbons (Fsp3) is 0.102. The summed E-state index contributed by atoms with van der Waals surface area (Å²) in [7, 11) is 0. The lowest BCUT2D eigenvalue weighted by Gasteiger charge is -2.19. The Morgan fingerprint density at radius 3 is 2.00 bits per heavy atom. The minimum atomic E-state index is -0.0790. The molecule has 0 aliphatic carbocycles. The maximum atomic E-state index is 10.5. The third kappa shape index (κ3) is 5.14. The highest BCUT2D eigenvalue weighted by Crippen LogP contribution is 2.42. The lowest BCUT2D eigenvalue weighted by Crippen LogP contribution is -2.03. The van der Waals surface area contributed by atoms with E-state index in [1.165, 1.54) is 82.1 Å². The van der Waals surface area contributed by atoms with Gasteiger partial charge in [0.05, 0.1) is 17.6 Å². The monoisotopic (exact) mass is 657 g/mol. The molecule has 0 radical (unpaired) electrons. The maximum Gasteiger partial charge on any atom is 0.0541 e. The molecule has 1 N–H and O–H groups in total. The van der Waals surface area contributed by atoms with Crippen LogP contribution in [0.5, 0.6) is 0 Å². The minimum Gasteiger partial charge on any atom is -0.395 e. The summed E-state index contributed by atoms with van der Waals surface area (Å²) in [5, 5.41) is 20.5. The SMILES string of the molecule is C=CC(/C=C\C(CO)c1ccc2ccc3c(-c4ccc(-c5ccc6c(c5)c5ccccc5n6-c5ccccc5)cc4)ccc4ccc1c2c43)CC. The van der Waals surface area contributed by atoms with Gasteiger partial charge in [-0.05, 0) is 103 Å².